The summed E-state index contributed by atoms with van der Waals surface area (Å²) >= 11 is 0. The number of hydrogen-bond acceptors (Lipinski definition) is 8. The standard InChI is InChI=1S/C22H23N7O3/c1-3-29-20-19-17(25-12-26-20)6-13(7-18(19)27-22(29)31)9-28-10-15(11-28)32-14-4-5-16(24-8-14)21(30)23-2/h4-8,12,15H,3,9-11H2,1-2H3,(H,23,30)(H,25,26). The van der Waals surface area contributed by atoms with Crippen molar-refractivity contribution in [3.63, 3.8) is 0 Å². The molecule has 164 valence electrons. The van der Waals surface area contributed by atoms with Gasteiger partial charge in [0, 0.05) is 33.2 Å². The van der Waals surface area contributed by atoms with Gasteiger partial charge in [-0.1, -0.05) is 0 Å². The largest absolute Gasteiger partial charge is 0.486 e. The lowest BCUT2D eigenvalue weighted by Gasteiger charge is -2.39. The highest BCUT2D eigenvalue weighted by Gasteiger charge is 2.29. The molecule has 2 N–H and O–H groups in total. The van der Waals surface area contributed by atoms with Gasteiger partial charge in [-0.25, -0.2) is 14.8 Å². The zero-order valence-electron chi connectivity index (χ0n) is 17.8. The van der Waals surface area contributed by atoms with E-state index in [4.69, 9.17) is 4.74 Å². The lowest BCUT2D eigenvalue weighted by Crippen LogP contribution is -2.53. The first kappa shape index (κ1) is 20.1. The molecule has 32 heavy (non-hydrogen) atoms. The summed E-state index contributed by atoms with van der Waals surface area (Å²) in [7, 11) is 1.57. The molecule has 3 aromatic rings. The fourth-order valence-corrected chi connectivity index (χ4v) is 4.07. The van der Waals surface area contributed by atoms with Crippen LogP contribution in [0.4, 0.5) is 11.5 Å². The van der Waals surface area contributed by atoms with Gasteiger partial charge in [0.05, 0.1) is 29.1 Å². The molecule has 2 aliphatic heterocycles. The Labute approximate surface area is 184 Å². The molecule has 10 nitrogen and oxygen atoms in total. The van der Waals surface area contributed by atoms with Gasteiger partial charge in [-0.2, -0.15) is 4.98 Å². The number of rotatable bonds is 6. The van der Waals surface area contributed by atoms with E-state index in [0.29, 0.717) is 29.3 Å². The summed E-state index contributed by atoms with van der Waals surface area (Å²) < 4.78 is 7.53. The van der Waals surface area contributed by atoms with Crippen LogP contribution in [0.25, 0.3) is 10.9 Å². The average molecular weight is 433 g/mol. The molecular weight excluding hydrogens is 410 g/mol. The smallest absolute Gasteiger partial charge is 0.349 e. The molecule has 5 rings (SSSR count). The van der Waals surface area contributed by atoms with Gasteiger partial charge in [0.15, 0.2) is 0 Å². The number of anilines is 1. The second-order valence-corrected chi connectivity index (χ2v) is 7.79. The minimum absolute atomic E-state index is 0.0632. The maximum absolute atomic E-state index is 12.4. The molecular formula is C22H23N7O3. The molecule has 1 amide bonds. The Balaban J connectivity index is 1.26. The van der Waals surface area contributed by atoms with Crippen LogP contribution in [0, 0.1) is 0 Å². The fourth-order valence-electron chi connectivity index (χ4n) is 4.07. The number of carbonyl (C=O) groups excluding carboxylic acids is 1. The Morgan fingerprint density at radius 3 is 2.88 bits per heavy atom. The topological polar surface area (TPSA) is 114 Å². The monoisotopic (exact) mass is 433 g/mol. The normalized spacial score (nSPS) is 15.3. The molecule has 4 heterocycles. The summed E-state index contributed by atoms with van der Waals surface area (Å²) in [6.07, 6.45) is 3.25. The van der Waals surface area contributed by atoms with Crippen molar-refractivity contribution >= 4 is 34.7 Å². The molecule has 1 saturated heterocycles. The van der Waals surface area contributed by atoms with Gasteiger partial charge in [0.1, 0.15) is 23.4 Å². The van der Waals surface area contributed by atoms with E-state index in [9.17, 15) is 9.59 Å². The maximum atomic E-state index is 12.4. The van der Waals surface area contributed by atoms with E-state index in [1.165, 1.54) is 0 Å². The Bertz CT molecular complexity index is 1280. The zero-order chi connectivity index (χ0) is 22.2. The summed E-state index contributed by atoms with van der Waals surface area (Å²) in [6.45, 7) is 4.70. The lowest BCUT2D eigenvalue weighted by atomic mass is 10.1. The average Bonchev–Trinajstić information content (AvgIpc) is 2.77. The van der Waals surface area contributed by atoms with E-state index in [2.05, 4.69) is 36.6 Å². The predicted molar refractivity (Wildman–Crippen MR) is 121 cm³/mol. The van der Waals surface area contributed by atoms with Crippen LogP contribution in [0.3, 0.4) is 0 Å². The van der Waals surface area contributed by atoms with Crippen molar-refractivity contribution in [2.24, 2.45) is 4.99 Å². The van der Waals surface area contributed by atoms with Crippen LogP contribution in [0.1, 0.15) is 23.0 Å². The first-order chi connectivity index (χ1) is 15.6. The van der Waals surface area contributed by atoms with E-state index < -0.39 is 0 Å². The van der Waals surface area contributed by atoms with Gasteiger partial charge >= 0.3 is 5.69 Å². The van der Waals surface area contributed by atoms with Crippen molar-refractivity contribution in [1.29, 1.82) is 0 Å². The number of nitrogens with one attached hydrogen (secondary N) is 2. The molecule has 1 fully saturated rings. The molecule has 2 aromatic heterocycles. The van der Waals surface area contributed by atoms with Gasteiger partial charge in [0.2, 0.25) is 0 Å². The van der Waals surface area contributed by atoms with E-state index in [1.54, 1.807) is 36.3 Å². The van der Waals surface area contributed by atoms with Gasteiger partial charge in [-0.05, 0) is 36.8 Å². The number of carbonyl (C=O) groups is 1. The van der Waals surface area contributed by atoms with Gasteiger partial charge in [-0.3, -0.25) is 14.3 Å². The van der Waals surface area contributed by atoms with Crippen LogP contribution in [-0.4, -0.2) is 57.9 Å². The van der Waals surface area contributed by atoms with Gasteiger partial charge in [0.25, 0.3) is 5.91 Å². The highest BCUT2D eigenvalue weighted by Crippen LogP contribution is 2.34. The Hall–Kier alpha value is -3.79. The maximum Gasteiger partial charge on any atom is 0.349 e. The molecule has 0 radical (unpaired) electrons. The first-order valence-electron chi connectivity index (χ1n) is 10.5. The Kier molecular flexibility index (Phi) is 5.06. The lowest BCUT2D eigenvalue weighted by molar-refractivity contribution is 0.0144. The molecule has 0 unspecified atom stereocenters. The summed E-state index contributed by atoms with van der Waals surface area (Å²) in [5, 5.41) is 6.59. The second kappa shape index (κ2) is 8.04. The minimum Gasteiger partial charge on any atom is -0.486 e. The van der Waals surface area contributed by atoms with Crippen molar-refractivity contribution < 1.29 is 9.53 Å². The summed E-state index contributed by atoms with van der Waals surface area (Å²) in [4.78, 5) is 39.0. The third kappa shape index (κ3) is 3.58. The molecule has 0 atom stereocenters. The quantitative estimate of drug-likeness (QED) is 0.606. The summed E-state index contributed by atoms with van der Waals surface area (Å²) in [6, 6.07) is 7.45. The van der Waals surface area contributed by atoms with E-state index in [1.807, 2.05) is 13.0 Å². The number of amides is 1. The van der Waals surface area contributed by atoms with Crippen molar-refractivity contribution in [3.05, 3.63) is 52.2 Å². The Morgan fingerprint density at radius 1 is 1.31 bits per heavy atom. The fraction of sp³-hybridized carbons (Fsp3) is 0.318. The number of benzene rings is 1. The third-order valence-corrected chi connectivity index (χ3v) is 5.66. The predicted octanol–water partition coefficient (Wildman–Crippen LogP) is 1.52. The second-order valence-electron chi connectivity index (χ2n) is 7.79. The van der Waals surface area contributed by atoms with E-state index in [0.717, 1.165) is 36.3 Å². The number of likely N-dealkylation sites (tertiary alicyclic amines) is 1. The summed E-state index contributed by atoms with van der Waals surface area (Å²) in [5.41, 5.74) is 2.70. The van der Waals surface area contributed by atoms with Crippen LogP contribution >= 0.6 is 0 Å². The van der Waals surface area contributed by atoms with Gasteiger partial charge in [-0.15, -0.1) is 0 Å². The molecule has 0 bridgehead atoms. The third-order valence-electron chi connectivity index (χ3n) is 5.66. The number of ether oxygens (including phenoxy) is 1. The van der Waals surface area contributed by atoms with Crippen molar-refractivity contribution in [2.45, 2.75) is 26.1 Å². The van der Waals surface area contributed by atoms with Crippen LogP contribution in [0.15, 0.2) is 40.2 Å². The molecule has 0 saturated carbocycles. The van der Waals surface area contributed by atoms with Crippen LogP contribution < -0.4 is 21.1 Å². The number of aliphatic imine (C=N–C) groups is 1. The number of aromatic nitrogens is 3. The first-order valence-corrected chi connectivity index (χ1v) is 10.5. The van der Waals surface area contributed by atoms with Crippen molar-refractivity contribution in [2.75, 3.05) is 25.5 Å². The number of nitrogens with zero attached hydrogens (tertiary/aromatic N) is 5. The SMILES string of the molecule is CCn1c2c3c(cc(CN4CC(Oc5ccc(C(=O)NC)nc5)C4)cc3nc1=O)NC=N2. The number of pyridine rings is 1. The highest BCUT2D eigenvalue weighted by atomic mass is 16.5. The molecule has 2 aliphatic rings. The van der Waals surface area contributed by atoms with E-state index in [-0.39, 0.29) is 17.7 Å². The molecule has 10 heteroatoms. The van der Waals surface area contributed by atoms with E-state index >= 15 is 0 Å². The molecule has 0 aliphatic carbocycles. The van der Waals surface area contributed by atoms with Crippen molar-refractivity contribution in [3.8, 4) is 5.75 Å². The zero-order valence-corrected chi connectivity index (χ0v) is 17.8. The molecule has 0 spiro atoms. The number of hydrogen-bond donors (Lipinski definition) is 2. The molecule has 1 aromatic carbocycles. The van der Waals surface area contributed by atoms with Crippen LogP contribution in [0.5, 0.6) is 5.75 Å². The minimum atomic E-state index is -0.286. The van der Waals surface area contributed by atoms with Crippen LogP contribution in [0.2, 0.25) is 0 Å². The Morgan fingerprint density at radius 2 is 2.16 bits per heavy atom. The van der Waals surface area contributed by atoms with Gasteiger partial charge < -0.3 is 15.4 Å². The van der Waals surface area contributed by atoms with Crippen molar-refractivity contribution in [1.82, 2.24) is 24.8 Å². The summed E-state index contributed by atoms with van der Waals surface area (Å²) in [5.74, 6) is 1.07. The highest BCUT2D eigenvalue weighted by molar-refractivity contribution is 6.06. The van der Waals surface area contributed by atoms with Crippen LogP contribution in [-0.2, 0) is 13.1 Å².